The van der Waals surface area contributed by atoms with E-state index in [9.17, 15) is 14.4 Å². The molecule has 0 radical (unpaired) electrons. The highest BCUT2D eigenvalue weighted by Crippen LogP contribution is 2.31. The Kier molecular flexibility index (Phi) is 5.96. The average molecular weight is 432 g/mol. The molecule has 152 valence electrons. The SMILES string of the molecule is O=C(CCC(=O)N1CCc2nc(NC(=O)C3CCC3)sc2C1)c1ccc(Cl)cc1. The van der Waals surface area contributed by atoms with Gasteiger partial charge in [-0.3, -0.25) is 14.4 Å². The third kappa shape index (κ3) is 4.67. The highest BCUT2D eigenvalue weighted by molar-refractivity contribution is 7.15. The summed E-state index contributed by atoms with van der Waals surface area (Å²) < 4.78 is 0. The number of carbonyl (C=O) groups is 3. The van der Waals surface area contributed by atoms with E-state index in [2.05, 4.69) is 10.3 Å². The number of aromatic nitrogens is 1. The van der Waals surface area contributed by atoms with Crippen molar-refractivity contribution in [2.45, 2.75) is 45.1 Å². The number of ketones is 1. The van der Waals surface area contributed by atoms with Gasteiger partial charge in [-0.2, -0.15) is 0 Å². The zero-order valence-electron chi connectivity index (χ0n) is 15.9. The van der Waals surface area contributed by atoms with Gasteiger partial charge < -0.3 is 10.2 Å². The Labute approximate surface area is 178 Å². The molecule has 0 spiro atoms. The number of nitrogens with zero attached hydrogens (tertiary/aromatic N) is 2. The molecule has 29 heavy (non-hydrogen) atoms. The number of hydrogen-bond acceptors (Lipinski definition) is 5. The van der Waals surface area contributed by atoms with Crippen LogP contribution in [0.4, 0.5) is 5.13 Å². The molecule has 2 amide bonds. The number of benzene rings is 1. The monoisotopic (exact) mass is 431 g/mol. The number of hydrogen-bond donors (Lipinski definition) is 1. The van der Waals surface area contributed by atoms with Crippen LogP contribution in [0.2, 0.25) is 5.02 Å². The Morgan fingerprint density at radius 1 is 1.17 bits per heavy atom. The molecular formula is C21H22ClN3O3S. The van der Waals surface area contributed by atoms with Crippen LogP contribution in [0.3, 0.4) is 0 Å². The first-order valence-electron chi connectivity index (χ1n) is 9.85. The van der Waals surface area contributed by atoms with Gasteiger partial charge in [-0.25, -0.2) is 4.98 Å². The quantitative estimate of drug-likeness (QED) is 0.699. The lowest BCUT2D eigenvalue weighted by molar-refractivity contribution is -0.132. The van der Waals surface area contributed by atoms with Crippen LogP contribution in [0.5, 0.6) is 0 Å². The Hall–Kier alpha value is -2.25. The summed E-state index contributed by atoms with van der Waals surface area (Å²) in [5.41, 5.74) is 1.53. The number of fused-ring (bicyclic) bond motifs is 1. The summed E-state index contributed by atoms with van der Waals surface area (Å²) in [6.07, 6.45) is 4.05. The van der Waals surface area contributed by atoms with E-state index in [1.54, 1.807) is 29.2 Å². The first kappa shape index (κ1) is 20.0. The van der Waals surface area contributed by atoms with Crippen molar-refractivity contribution in [3.05, 3.63) is 45.4 Å². The van der Waals surface area contributed by atoms with Crippen LogP contribution in [0, 0.1) is 5.92 Å². The molecule has 0 atom stereocenters. The molecule has 1 aromatic carbocycles. The minimum atomic E-state index is -0.0634. The summed E-state index contributed by atoms with van der Waals surface area (Å²) in [6, 6.07) is 6.71. The first-order chi connectivity index (χ1) is 14.0. The fourth-order valence-electron chi connectivity index (χ4n) is 3.50. The van der Waals surface area contributed by atoms with Crippen molar-refractivity contribution in [1.82, 2.24) is 9.88 Å². The van der Waals surface area contributed by atoms with Crippen molar-refractivity contribution in [1.29, 1.82) is 0 Å². The van der Waals surface area contributed by atoms with Gasteiger partial charge in [0.15, 0.2) is 10.9 Å². The lowest BCUT2D eigenvalue weighted by atomic mass is 9.85. The standard InChI is InChI=1S/C21H22ClN3O3S/c22-15-6-4-13(5-7-15)17(26)8-9-19(27)25-11-10-16-18(12-25)29-21(23-16)24-20(28)14-2-1-3-14/h4-7,14H,1-3,8-12H2,(H,23,24,28). The van der Waals surface area contributed by atoms with Gasteiger partial charge in [0, 0.05) is 47.2 Å². The van der Waals surface area contributed by atoms with Gasteiger partial charge in [0.05, 0.1) is 12.2 Å². The predicted molar refractivity (Wildman–Crippen MR) is 112 cm³/mol. The maximum atomic E-state index is 12.6. The van der Waals surface area contributed by atoms with E-state index < -0.39 is 0 Å². The first-order valence-corrected chi connectivity index (χ1v) is 11.0. The number of anilines is 1. The zero-order valence-corrected chi connectivity index (χ0v) is 17.5. The third-order valence-corrected chi connectivity index (χ3v) is 6.77. The zero-order chi connectivity index (χ0) is 20.4. The number of halogens is 1. The fraction of sp³-hybridized carbons (Fsp3) is 0.429. The van der Waals surface area contributed by atoms with Crippen LogP contribution in [-0.4, -0.2) is 34.0 Å². The molecule has 2 heterocycles. The smallest absolute Gasteiger partial charge is 0.229 e. The Bertz CT molecular complexity index is 937. The molecule has 1 aliphatic carbocycles. The second-order valence-electron chi connectivity index (χ2n) is 7.50. The Morgan fingerprint density at radius 3 is 2.62 bits per heavy atom. The van der Waals surface area contributed by atoms with E-state index in [-0.39, 0.29) is 36.4 Å². The normalized spacial score (nSPS) is 16.1. The van der Waals surface area contributed by atoms with Gasteiger partial charge in [0.1, 0.15) is 0 Å². The number of amides is 2. The molecule has 1 aliphatic heterocycles. The molecule has 1 N–H and O–H groups in total. The maximum absolute atomic E-state index is 12.6. The second kappa shape index (κ2) is 8.63. The van der Waals surface area contributed by atoms with E-state index in [1.165, 1.54) is 11.3 Å². The number of nitrogens with one attached hydrogen (secondary N) is 1. The van der Waals surface area contributed by atoms with Gasteiger partial charge >= 0.3 is 0 Å². The molecule has 0 bridgehead atoms. The molecule has 2 aromatic rings. The molecule has 1 aromatic heterocycles. The lowest BCUT2D eigenvalue weighted by Gasteiger charge is -2.26. The lowest BCUT2D eigenvalue weighted by Crippen LogP contribution is -2.35. The van der Waals surface area contributed by atoms with Gasteiger partial charge in [-0.1, -0.05) is 29.4 Å². The second-order valence-corrected chi connectivity index (χ2v) is 9.02. The molecule has 2 aliphatic rings. The van der Waals surface area contributed by atoms with Crippen molar-refractivity contribution in [3.63, 3.8) is 0 Å². The fourth-order valence-corrected chi connectivity index (χ4v) is 4.65. The minimum Gasteiger partial charge on any atom is -0.337 e. The van der Waals surface area contributed by atoms with Crippen LogP contribution >= 0.6 is 22.9 Å². The molecule has 0 unspecified atom stereocenters. The highest BCUT2D eigenvalue weighted by Gasteiger charge is 2.28. The van der Waals surface area contributed by atoms with Crippen molar-refractivity contribution in [2.24, 2.45) is 5.92 Å². The van der Waals surface area contributed by atoms with Crippen LogP contribution in [0.15, 0.2) is 24.3 Å². The number of rotatable bonds is 6. The van der Waals surface area contributed by atoms with Crippen LogP contribution in [0.1, 0.15) is 53.0 Å². The van der Waals surface area contributed by atoms with Crippen molar-refractivity contribution in [3.8, 4) is 0 Å². The molecule has 0 saturated heterocycles. The number of carbonyl (C=O) groups excluding carboxylic acids is 3. The van der Waals surface area contributed by atoms with Crippen LogP contribution < -0.4 is 5.32 Å². The van der Waals surface area contributed by atoms with E-state index >= 15 is 0 Å². The molecular weight excluding hydrogens is 410 g/mol. The van der Waals surface area contributed by atoms with Crippen molar-refractivity contribution in [2.75, 3.05) is 11.9 Å². The van der Waals surface area contributed by atoms with Crippen molar-refractivity contribution < 1.29 is 14.4 Å². The van der Waals surface area contributed by atoms with Crippen LogP contribution in [-0.2, 0) is 22.6 Å². The van der Waals surface area contributed by atoms with E-state index in [1.807, 2.05) is 0 Å². The van der Waals surface area contributed by atoms with Gasteiger partial charge in [0.2, 0.25) is 11.8 Å². The minimum absolute atomic E-state index is 0.0357. The summed E-state index contributed by atoms with van der Waals surface area (Å²) in [6.45, 7) is 1.07. The van der Waals surface area contributed by atoms with E-state index in [0.29, 0.717) is 35.2 Å². The Balaban J connectivity index is 1.30. The molecule has 4 rings (SSSR count). The predicted octanol–water partition coefficient (Wildman–Crippen LogP) is 4.08. The molecule has 6 nitrogen and oxygen atoms in total. The maximum Gasteiger partial charge on any atom is 0.229 e. The molecule has 1 saturated carbocycles. The molecule has 8 heteroatoms. The number of Topliss-reactive ketones (excluding diaryl/α,β-unsaturated/α-hetero) is 1. The Morgan fingerprint density at radius 2 is 1.93 bits per heavy atom. The van der Waals surface area contributed by atoms with Gasteiger partial charge in [0.25, 0.3) is 0 Å². The number of thiazole rings is 1. The summed E-state index contributed by atoms with van der Waals surface area (Å²) >= 11 is 7.29. The van der Waals surface area contributed by atoms with Crippen molar-refractivity contribution >= 4 is 45.7 Å². The summed E-state index contributed by atoms with van der Waals surface area (Å²) in [4.78, 5) is 44.3. The van der Waals surface area contributed by atoms with Crippen LogP contribution in [0.25, 0.3) is 0 Å². The van der Waals surface area contributed by atoms with Gasteiger partial charge in [-0.05, 0) is 37.1 Å². The topological polar surface area (TPSA) is 79.4 Å². The summed E-state index contributed by atoms with van der Waals surface area (Å²) in [5.74, 6) is 0.0705. The summed E-state index contributed by atoms with van der Waals surface area (Å²) in [5, 5.41) is 4.12. The van der Waals surface area contributed by atoms with E-state index in [4.69, 9.17) is 11.6 Å². The summed E-state index contributed by atoms with van der Waals surface area (Å²) in [7, 11) is 0. The highest BCUT2D eigenvalue weighted by atomic mass is 35.5. The third-order valence-electron chi connectivity index (χ3n) is 5.52. The largest absolute Gasteiger partial charge is 0.337 e. The van der Waals surface area contributed by atoms with Gasteiger partial charge in [-0.15, -0.1) is 0 Å². The average Bonchev–Trinajstić information content (AvgIpc) is 3.06. The van der Waals surface area contributed by atoms with E-state index in [0.717, 1.165) is 29.8 Å². The molecule has 1 fully saturated rings.